The summed E-state index contributed by atoms with van der Waals surface area (Å²) in [5.74, 6) is 0.159. The summed E-state index contributed by atoms with van der Waals surface area (Å²) >= 11 is 0. The van der Waals surface area contributed by atoms with Crippen molar-refractivity contribution in [3.63, 3.8) is 0 Å². The Morgan fingerprint density at radius 2 is 2.04 bits per heavy atom. The minimum atomic E-state index is -0.873. The van der Waals surface area contributed by atoms with Crippen molar-refractivity contribution in [1.29, 1.82) is 0 Å². The van der Waals surface area contributed by atoms with Gasteiger partial charge in [-0.05, 0) is 37.5 Å². The predicted octanol–water partition coefficient (Wildman–Crippen LogP) is 2.36. The van der Waals surface area contributed by atoms with Crippen molar-refractivity contribution >= 4 is 11.9 Å². The lowest BCUT2D eigenvalue weighted by molar-refractivity contribution is -0.157. The van der Waals surface area contributed by atoms with Crippen molar-refractivity contribution in [1.82, 2.24) is 5.32 Å². The summed E-state index contributed by atoms with van der Waals surface area (Å²) in [6.45, 7) is 2.74. The SMILES string of the molecule is CCOc1cc(CNC(=O)CC2(C(=O)O)CCC2)ccc1OC. The van der Waals surface area contributed by atoms with E-state index in [2.05, 4.69) is 5.32 Å². The van der Waals surface area contributed by atoms with Gasteiger partial charge in [0, 0.05) is 13.0 Å². The monoisotopic (exact) mass is 321 g/mol. The normalized spacial score (nSPS) is 15.4. The third-order valence-corrected chi connectivity index (χ3v) is 4.28. The fourth-order valence-corrected chi connectivity index (χ4v) is 2.74. The van der Waals surface area contributed by atoms with Gasteiger partial charge in [0.15, 0.2) is 11.5 Å². The molecule has 0 aliphatic heterocycles. The number of hydrogen-bond donors (Lipinski definition) is 2. The van der Waals surface area contributed by atoms with E-state index in [0.29, 0.717) is 37.5 Å². The molecular weight excluding hydrogens is 298 g/mol. The maximum atomic E-state index is 12.0. The van der Waals surface area contributed by atoms with Gasteiger partial charge in [-0.1, -0.05) is 12.5 Å². The summed E-state index contributed by atoms with van der Waals surface area (Å²) in [6.07, 6.45) is 2.06. The maximum absolute atomic E-state index is 12.0. The summed E-state index contributed by atoms with van der Waals surface area (Å²) in [6, 6.07) is 5.45. The highest BCUT2D eigenvalue weighted by Gasteiger charge is 2.45. The van der Waals surface area contributed by atoms with Gasteiger partial charge in [0.2, 0.25) is 5.91 Å². The van der Waals surface area contributed by atoms with E-state index < -0.39 is 11.4 Å². The second-order valence-electron chi connectivity index (χ2n) is 5.81. The molecule has 0 radical (unpaired) electrons. The minimum absolute atomic E-state index is 0.0385. The molecule has 6 heteroatoms. The Balaban J connectivity index is 1.93. The molecule has 1 fully saturated rings. The number of carbonyl (C=O) groups is 2. The Morgan fingerprint density at radius 3 is 2.57 bits per heavy atom. The topological polar surface area (TPSA) is 84.9 Å². The van der Waals surface area contributed by atoms with Gasteiger partial charge in [-0.25, -0.2) is 0 Å². The van der Waals surface area contributed by atoms with Crippen molar-refractivity contribution in [3.8, 4) is 11.5 Å². The smallest absolute Gasteiger partial charge is 0.310 e. The molecule has 1 aromatic carbocycles. The van der Waals surface area contributed by atoms with Gasteiger partial charge in [0.05, 0.1) is 19.1 Å². The molecule has 1 aliphatic rings. The summed E-state index contributed by atoms with van der Waals surface area (Å²) < 4.78 is 10.7. The molecule has 1 aliphatic carbocycles. The Kier molecular flexibility index (Phi) is 5.47. The first-order chi connectivity index (χ1) is 11.0. The quantitative estimate of drug-likeness (QED) is 0.768. The third-order valence-electron chi connectivity index (χ3n) is 4.28. The largest absolute Gasteiger partial charge is 0.493 e. The highest BCUT2D eigenvalue weighted by Crippen LogP contribution is 2.44. The van der Waals surface area contributed by atoms with Crippen LogP contribution in [-0.2, 0) is 16.1 Å². The van der Waals surface area contributed by atoms with Crippen LogP contribution in [0, 0.1) is 5.41 Å². The number of carbonyl (C=O) groups excluding carboxylic acids is 1. The van der Waals surface area contributed by atoms with Crippen molar-refractivity contribution in [3.05, 3.63) is 23.8 Å². The van der Waals surface area contributed by atoms with Gasteiger partial charge >= 0.3 is 5.97 Å². The standard InChI is InChI=1S/C17H23NO5/c1-3-23-14-9-12(5-6-13(14)22-2)11-18-15(19)10-17(16(20)21)7-4-8-17/h5-6,9H,3-4,7-8,10-11H2,1-2H3,(H,18,19)(H,20,21). The lowest BCUT2D eigenvalue weighted by atomic mass is 9.66. The second kappa shape index (κ2) is 7.35. The fourth-order valence-electron chi connectivity index (χ4n) is 2.74. The molecule has 0 saturated heterocycles. The van der Waals surface area contributed by atoms with Gasteiger partial charge in [-0.2, -0.15) is 0 Å². The van der Waals surface area contributed by atoms with Crippen LogP contribution in [0.5, 0.6) is 11.5 Å². The molecule has 126 valence electrons. The Hall–Kier alpha value is -2.24. The molecule has 23 heavy (non-hydrogen) atoms. The van der Waals surface area contributed by atoms with E-state index in [9.17, 15) is 14.7 Å². The molecule has 1 aromatic rings. The molecule has 6 nitrogen and oxygen atoms in total. The first-order valence-corrected chi connectivity index (χ1v) is 7.80. The average Bonchev–Trinajstić information content (AvgIpc) is 2.49. The number of carboxylic acids is 1. The van der Waals surface area contributed by atoms with E-state index in [-0.39, 0.29) is 12.3 Å². The molecular formula is C17H23NO5. The molecule has 0 atom stereocenters. The van der Waals surface area contributed by atoms with Gasteiger partial charge in [-0.15, -0.1) is 0 Å². The van der Waals surface area contributed by atoms with Gasteiger partial charge in [0.25, 0.3) is 0 Å². The molecule has 0 heterocycles. The lowest BCUT2D eigenvalue weighted by Crippen LogP contribution is -2.42. The maximum Gasteiger partial charge on any atom is 0.310 e. The van der Waals surface area contributed by atoms with Crippen LogP contribution in [-0.4, -0.2) is 30.7 Å². The number of methoxy groups -OCH3 is 1. The fraction of sp³-hybridized carbons (Fsp3) is 0.529. The minimum Gasteiger partial charge on any atom is -0.493 e. The molecule has 0 spiro atoms. The van der Waals surface area contributed by atoms with Crippen molar-refractivity contribution in [2.24, 2.45) is 5.41 Å². The van der Waals surface area contributed by atoms with Gasteiger partial charge in [-0.3, -0.25) is 9.59 Å². The zero-order chi connectivity index (χ0) is 16.9. The number of benzene rings is 1. The van der Waals surface area contributed by atoms with Crippen LogP contribution < -0.4 is 14.8 Å². The zero-order valence-corrected chi connectivity index (χ0v) is 13.6. The average molecular weight is 321 g/mol. The number of aliphatic carboxylic acids is 1. The van der Waals surface area contributed by atoms with Crippen LogP contribution in [0.15, 0.2) is 18.2 Å². The number of rotatable bonds is 8. The summed E-state index contributed by atoms with van der Waals surface area (Å²) in [5, 5.41) is 12.0. The predicted molar refractivity (Wildman–Crippen MR) is 84.5 cm³/mol. The third kappa shape index (κ3) is 3.94. The Bertz CT molecular complexity index is 580. The first kappa shape index (κ1) is 17.1. The van der Waals surface area contributed by atoms with Crippen LogP contribution in [0.1, 0.15) is 38.2 Å². The molecule has 0 aromatic heterocycles. The zero-order valence-electron chi connectivity index (χ0n) is 13.6. The highest BCUT2D eigenvalue weighted by molar-refractivity contribution is 5.85. The number of carboxylic acid groups (broad SMARTS) is 1. The van der Waals surface area contributed by atoms with Crippen LogP contribution in [0.2, 0.25) is 0 Å². The van der Waals surface area contributed by atoms with Crippen LogP contribution in [0.4, 0.5) is 0 Å². The number of ether oxygens (including phenoxy) is 2. The lowest BCUT2D eigenvalue weighted by Gasteiger charge is -2.36. The Morgan fingerprint density at radius 1 is 1.30 bits per heavy atom. The molecule has 2 rings (SSSR count). The number of hydrogen-bond acceptors (Lipinski definition) is 4. The van der Waals surface area contributed by atoms with E-state index >= 15 is 0 Å². The molecule has 0 bridgehead atoms. The van der Waals surface area contributed by atoms with Crippen LogP contribution in [0.25, 0.3) is 0 Å². The molecule has 1 amide bonds. The second-order valence-corrected chi connectivity index (χ2v) is 5.81. The van der Waals surface area contributed by atoms with Gasteiger partial charge in [0.1, 0.15) is 0 Å². The van der Waals surface area contributed by atoms with E-state index in [1.165, 1.54) is 0 Å². The molecule has 2 N–H and O–H groups in total. The van der Waals surface area contributed by atoms with E-state index in [0.717, 1.165) is 12.0 Å². The van der Waals surface area contributed by atoms with E-state index in [1.807, 2.05) is 19.1 Å². The molecule has 0 unspecified atom stereocenters. The summed E-state index contributed by atoms with van der Waals surface area (Å²) in [4.78, 5) is 23.3. The van der Waals surface area contributed by atoms with Crippen molar-refractivity contribution in [2.45, 2.75) is 39.2 Å². The summed E-state index contributed by atoms with van der Waals surface area (Å²) in [5.41, 5.74) is 0.0149. The first-order valence-electron chi connectivity index (χ1n) is 7.80. The number of amides is 1. The van der Waals surface area contributed by atoms with E-state index in [1.54, 1.807) is 13.2 Å². The van der Waals surface area contributed by atoms with Crippen LogP contribution in [0.3, 0.4) is 0 Å². The van der Waals surface area contributed by atoms with Crippen molar-refractivity contribution in [2.75, 3.05) is 13.7 Å². The highest BCUT2D eigenvalue weighted by atomic mass is 16.5. The van der Waals surface area contributed by atoms with Gasteiger partial charge < -0.3 is 19.9 Å². The van der Waals surface area contributed by atoms with E-state index in [4.69, 9.17) is 9.47 Å². The molecule has 1 saturated carbocycles. The Labute approximate surface area is 135 Å². The summed E-state index contributed by atoms with van der Waals surface area (Å²) in [7, 11) is 1.57. The van der Waals surface area contributed by atoms with Crippen molar-refractivity contribution < 1.29 is 24.2 Å². The number of nitrogens with one attached hydrogen (secondary N) is 1. The van der Waals surface area contributed by atoms with Crippen LogP contribution >= 0.6 is 0 Å².